The van der Waals surface area contributed by atoms with Crippen LogP contribution in [0.1, 0.15) is 33.2 Å². The van der Waals surface area contributed by atoms with Crippen LogP contribution in [0.2, 0.25) is 0 Å². The van der Waals surface area contributed by atoms with E-state index in [-0.39, 0.29) is 5.43 Å². The second-order valence-corrected chi connectivity index (χ2v) is 4.19. The summed E-state index contributed by atoms with van der Waals surface area (Å²) >= 11 is 0. The highest BCUT2D eigenvalue weighted by atomic mass is 16.1. The van der Waals surface area contributed by atoms with Gasteiger partial charge in [0.15, 0.2) is 0 Å². The van der Waals surface area contributed by atoms with Gasteiger partial charge in [0, 0.05) is 24.5 Å². The molecule has 0 aliphatic rings. The molecule has 0 fully saturated rings. The lowest BCUT2D eigenvalue weighted by atomic mass is 10.1. The van der Waals surface area contributed by atoms with Crippen LogP contribution in [0.25, 0.3) is 0 Å². The molecular formula is C11H18N2O. The van der Waals surface area contributed by atoms with Crippen LogP contribution >= 0.6 is 0 Å². The molecular weight excluding hydrogens is 176 g/mol. The zero-order chi connectivity index (χ0) is 10.7. The zero-order valence-corrected chi connectivity index (χ0v) is 9.03. The highest BCUT2D eigenvalue weighted by Crippen LogP contribution is 2.16. The molecule has 3 nitrogen and oxygen atoms in total. The maximum Gasteiger partial charge on any atom is 0.204 e. The summed E-state index contributed by atoms with van der Waals surface area (Å²) < 4.78 is 2.00. The molecule has 0 saturated carbocycles. The lowest BCUT2D eigenvalue weighted by Gasteiger charge is -2.17. The van der Waals surface area contributed by atoms with Crippen LogP contribution in [0.5, 0.6) is 0 Å². The van der Waals surface area contributed by atoms with Crippen LogP contribution in [-0.2, 0) is 0 Å². The Hall–Kier alpha value is -1.25. The van der Waals surface area contributed by atoms with Gasteiger partial charge in [-0.25, -0.2) is 0 Å². The minimum absolute atomic E-state index is 0.0991. The number of hydrogen-bond donors (Lipinski definition) is 1. The topological polar surface area (TPSA) is 48.0 Å². The molecule has 0 aliphatic heterocycles. The van der Waals surface area contributed by atoms with Crippen molar-refractivity contribution in [2.24, 2.45) is 5.92 Å². The Labute approximate surface area is 84.6 Å². The van der Waals surface area contributed by atoms with E-state index < -0.39 is 0 Å². The maximum atomic E-state index is 11.1. The fourth-order valence-electron chi connectivity index (χ4n) is 1.60. The molecule has 1 rings (SSSR count). The number of nitrogen functional groups attached to an aromatic ring is 1. The molecule has 0 aliphatic carbocycles. The van der Waals surface area contributed by atoms with Crippen molar-refractivity contribution in [3.63, 3.8) is 0 Å². The molecule has 1 aromatic heterocycles. The summed E-state index contributed by atoms with van der Waals surface area (Å²) in [4.78, 5) is 11.1. The molecule has 1 aromatic rings. The standard InChI is InChI=1S/C11H18N2O/c1-8(2)6-9(3)13-5-4-11(14)10(12)7-13/h4-5,7-9H,6,12H2,1-3H3. The second kappa shape index (κ2) is 4.31. The highest BCUT2D eigenvalue weighted by molar-refractivity contribution is 5.33. The van der Waals surface area contributed by atoms with Crippen LogP contribution in [0.3, 0.4) is 0 Å². The quantitative estimate of drug-likeness (QED) is 0.800. The number of rotatable bonds is 3. The molecule has 0 radical (unpaired) electrons. The van der Waals surface area contributed by atoms with E-state index >= 15 is 0 Å². The summed E-state index contributed by atoms with van der Waals surface area (Å²) in [7, 11) is 0. The van der Waals surface area contributed by atoms with E-state index in [4.69, 9.17) is 5.73 Å². The molecule has 1 atom stereocenters. The molecule has 0 bridgehead atoms. The Bertz CT molecular complexity index is 355. The molecule has 0 spiro atoms. The summed E-state index contributed by atoms with van der Waals surface area (Å²) in [6.07, 6.45) is 4.60. The maximum absolute atomic E-state index is 11.1. The van der Waals surface area contributed by atoms with Crippen molar-refractivity contribution in [2.45, 2.75) is 33.2 Å². The first-order valence-electron chi connectivity index (χ1n) is 4.98. The Morgan fingerprint density at radius 1 is 1.43 bits per heavy atom. The second-order valence-electron chi connectivity index (χ2n) is 4.19. The van der Waals surface area contributed by atoms with Crippen LogP contribution in [0.4, 0.5) is 5.69 Å². The van der Waals surface area contributed by atoms with Gasteiger partial charge in [-0.2, -0.15) is 0 Å². The number of aromatic nitrogens is 1. The predicted octanol–water partition coefficient (Wildman–Crippen LogP) is 2.04. The number of nitrogens with two attached hydrogens (primary N) is 1. The molecule has 1 heterocycles. The minimum Gasteiger partial charge on any atom is -0.394 e. The van der Waals surface area contributed by atoms with Gasteiger partial charge in [-0.3, -0.25) is 4.79 Å². The average molecular weight is 194 g/mol. The van der Waals surface area contributed by atoms with E-state index in [1.54, 1.807) is 12.4 Å². The lowest BCUT2D eigenvalue weighted by molar-refractivity contribution is 0.426. The largest absolute Gasteiger partial charge is 0.394 e. The molecule has 0 amide bonds. The van der Waals surface area contributed by atoms with Gasteiger partial charge in [-0.05, 0) is 19.3 Å². The van der Waals surface area contributed by atoms with Crippen LogP contribution in [0.15, 0.2) is 23.3 Å². The summed E-state index contributed by atoms with van der Waals surface area (Å²) in [6.45, 7) is 6.49. The molecule has 0 saturated heterocycles. The van der Waals surface area contributed by atoms with E-state index in [1.165, 1.54) is 6.07 Å². The predicted molar refractivity (Wildman–Crippen MR) is 59.3 cm³/mol. The van der Waals surface area contributed by atoms with Gasteiger partial charge in [0.25, 0.3) is 0 Å². The number of nitrogens with zero attached hydrogens (tertiary/aromatic N) is 1. The van der Waals surface area contributed by atoms with Gasteiger partial charge >= 0.3 is 0 Å². The smallest absolute Gasteiger partial charge is 0.204 e. The third kappa shape index (κ3) is 2.62. The first-order chi connectivity index (χ1) is 6.50. The molecule has 78 valence electrons. The van der Waals surface area contributed by atoms with E-state index in [9.17, 15) is 4.79 Å². The third-order valence-electron chi connectivity index (χ3n) is 2.29. The van der Waals surface area contributed by atoms with Crippen molar-refractivity contribution >= 4 is 5.69 Å². The van der Waals surface area contributed by atoms with Gasteiger partial charge in [0.2, 0.25) is 5.43 Å². The van der Waals surface area contributed by atoms with E-state index in [2.05, 4.69) is 20.8 Å². The average Bonchev–Trinajstić information content (AvgIpc) is 2.08. The zero-order valence-electron chi connectivity index (χ0n) is 9.03. The summed E-state index contributed by atoms with van der Waals surface area (Å²) in [5.41, 5.74) is 5.78. The molecule has 3 heteroatoms. The Balaban J connectivity index is 2.86. The van der Waals surface area contributed by atoms with E-state index in [0.29, 0.717) is 17.6 Å². The van der Waals surface area contributed by atoms with Gasteiger partial charge in [-0.15, -0.1) is 0 Å². The van der Waals surface area contributed by atoms with Crippen molar-refractivity contribution in [3.8, 4) is 0 Å². The molecule has 2 N–H and O–H groups in total. The SMILES string of the molecule is CC(C)CC(C)n1ccc(=O)c(N)c1. The number of anilines is 1. The first kappa shape index (κ1) is 10.8. The summed E-state index contributed by atoms with van der Waals surface area (Å²) in [5.74, 6) is 0.644. The number of hydrogen-bond acceptors (Lipinski definition) is 2. The molecule has 0 aromatic carbocycles. The van der Waals surface area contributed by atoms with E-state index in [0.717, 1.165) is 6.42 Å². The highest BCUT2D eigenvalue weighted by Gasteiger charge is 2.06. The van der Waals surface area contributed by atoms with Crippen LogP contribution < -0.4 is 11.2 Å². The molecule has 14 heavy (non-hydrogen) atoms. The van der Waals surface area contributed by atoms with Gasteiger partial charge in [-0.1, -0.05) is 13.8 Å². The van der Waals surface area contributed by atoms with Crippen molar-refractivity contribution in [1.29, 1.82) is 0 Å². The monoisotopic (exact) mass is 194 g/mol. The Kier molecular flexibility index (Phi) is 3.33. The Morgan fingerprint density at radius 2 is 2.07 bits per heavy atom. The summed E-state index contributed by atoms with van der Waals surface area (Å²) in [5, 5.41) is 0. The van der Waals surface area contributed by atoms with Gasteiger partial charge in [0.05, 0.1) is 5.69 Å². The van der Waals surface area contributed by atoms with Crippen molar-refractivity contribution in [3.05, 3.63) is 28.7 Å². The van der Waals surface area contributed by atoms with E-state index in [1.807, 2.05) is 4.57 Å². The fraction of sp³-hybridized carbons (Fsp3) is 0.545. The van der Waals surface area contributed by atoms with Crippen molar-refractivity contribution in [1.82, 2.24) is 4.57 Å². The van der Waals surface area contributed by atoms with Crippen molar-refractivity contribution in [2.75, 3.05) is 5.73 Å². The van der Waals surface area contributed by atoms with Crippen molar-refractivity contribution < 1.29 is 0 Å². The molecule has 1 unspecified atom stereocenters. The third-order valence-corrected chi connectivity index (χ3v) is 2.29. The first-order valence-corrected chi connectivity index (χ1v) is 4.98. The number of pyridine rings is 1. The normalized spacial score (nSPS) is 13.1. The fourth-order valence-corrected chi connectivity index (χ4v) is 1.60. The van der Waals surface area contributed by atoms with Gasteiger partial charge < -0.3 is 10.3 Å². The van der Waals surface area contributed by atoms with Crippen LogP contribution in [0, 0.1) is 5.92 Å². The van der Waals surface area contributed by atoms with Gasteiger partial charge in [0.1, 0.15) is 0 Å². The van der Waals surface area contributed by atoms with Crippen LogP contribution in [-0.4, -0.2) is 4.57 Å². The summed E-state index contributed by atoms with van der Waals surface area (Å²) in [6, 6.07) is 1.91. The Morgan fingerprint density at radius 3 is 2.57 bits per heavy atom. The minimum atomic E-state index is -0.0991. The lowest BCUT2D eigenvalue weighted by Crippen LogP contribution is -2.14.